The van der Waals surface area contributed by atoms with Gasteiger partial charge in [0, 0.05) is 82.9 Å². The lowest BCUT2D eigenvalue weighted by molar-refractivity contribution is -0.123. The van der Waals surface area contributed by atoms with E-state index in [0.717, 1.165) is 143 Å². The Hall–Kier alpha value is -6.76. The van der Waals surface area contributed by atoms with Crippen molar-refractivity contribution in [1.29, 1.82) is 0 Å². The van der Waals surface area contributed by atoms with Crippen LogP contribution in [0.3, 0.4) is 0 Å². The van der Waals surface area contributed by atoms with E-state index in [1.165, 1.54) is 37.1 Å². The Morgan fingerprint density at radius 1 is 0.901 bits per heavy atom. The van der Waals surface area contributed by atoms with Crippen molar-refractivity contribution in [2.24, 2.45) is 18.9 Å². The molecule has 0 aliphatic carbocycles. The number of nitrogens with one attached hydrogen (secondary N) is 1. The number of likely N-dealkylation sites (tertiary alicyclic amines) is 1. The summed E-state index contributed by atoms with van der Waals surface area (Å²) in [6, 6.07) is 12.6. The number of halogens is 2. The van der Waals surface area contributed by atoms with Gasteiger partial charge in [0.15, 0.2) is 5.82 Å². The number of aromatic nitrogens is 5. The molecule has 2 unspecified atom stereocenters. The quantitative estimate of drug-likeness (QED) is 0.125. The van der Waals surface area contributed by atoms with Gasteiger partial charge in [-0.1, -0.05) is 25.6 Å². The van der Waals surface area contributed by atoms with Gasteiger partial charge in [0.1, 0.15) is 35.2 Å². The van der Waals surface area contributed by atoms with Crippen LogP contribution in [0.5, 0.6) is 11.8 Å². The number of ether oxygens (including phenoxy) is 3. The first-order chi connectivity index (χ1) is 39.3. The zero-order valence-corrected chi connectivity index (χ0v) is 47.7. The third-order valence-electron chi connectivity index (χ3n) is 18.2. The number of fused-ring (bicyclic) bond motifs is 5. The van der Waals surface area contributed by atoms with Gasteiger partial charge in [0.2, 0.25) is 12.3 Å². The number of pyridine rings is 1. The molecule has 3 aromatic carbocycles. The molecule has 7 aliphatic rings. The number of carbonyl (C=O) groups excluding carboxylic acids is 2. The molecule has 430 valence electrons. The van der Waals surface area contributed by atoms with E-state index in [0.29, 0.717) is 71.6 Å². The predicted octanol–water partition coefficient (Wildman–Crippen LogP) is 10.2. The Morgan fingerprint density at radius 3 is 2.36 bits per heavy atom. The van der Waals surface area contributed by atoms with Crippen LogP contribution in [0.25, 0.3) is 49.4 Å². The normalized spacial score (nSPS) is 21.4. The molecular weight excluding hydrogens is 1030 g/mol. The number of aryl methyl sites for hydroxylation is 2. The second kappa shape index (κ2) is 24.0. The molecule has 0 bridgehead atoms. The summed E-state index contributed by atoms with van der Waals surface area (Å²) in [4.78, 5) is 47.2. The smallest absolute Gasteiger partial charge is 0.319 e. The van der Waals surface area contributed by atoms with E-state index < -0.39 is 5.82 Å². The van der Waals surface area contributed by atoms with Crippen molar-refractivity contribution in [2.75, 3.05) is 89.7 Å². The zero-order chi connectivity index (χ0) is 56.5. The van der Waals surface area contributed by atoms with E-state index in [4.69, 9.17) is 29.5 Å². The molecule has 0 spiro atoms. The van der Waals surface area contributed by atoms with Crippen molar-refractivity contribution in [2.45, 2.75) is 115 Å². The number of allylic oxidation sites excluding steroid dienone is 2. The fourth-order valence-corrected chi connectivity index (χ4v) is 14.1. The molecule has 2 N–H and O–H groups in total. The summed E-state index contributed by atoms with van der Waals surface area (Å²) in [6.45, 7) is 16.1. The standard InChI is InChI=1S/C35H37F2N5O3.C26H35N5O2.C2H6O/c1-3-24-26(36)8-7-21-16-23(43)17-25(27(21)24)31-29(37)32-28-30(38-31)20(2)15-22-18-44-14-6-13-42(22)33(28)40-34(39-32)45-19-35-9-4-11-41(35)12-5-10-35;1-18-3-5-23(26(33)27-18)25-22-6-4-21(16-24(22)29(2)28-25)31-13-9-20(10-14-31)15-19-7-11-30(17-32)12-8-19;1-3-2/h7-8,15-17,22,43H,3-6,9-14,18-19H2,1-2H3;4,6,16-17,19-20,23H,1,3,5,7-15H2,2H3,(H,27,33);1-2H3. The van der Waals surface area contributed by atoms with Crippen LogP contribution in [0.2, 0.25) is 0 Å². The van der Waals surface area contributed by atoms with Gasteiger partial charge in [-0.2, -0.15) is 15.1 Å². The van der Waals surface area contributed by atoms with E-state index >= 15 is 8.78 Å². The van der Waals surface area contributed by atoms with Crippen molar-refractivity contribution in [3.63, 3.8) is 0 Å². The van der Waals surface area contributed by atoms with Gasteiger partial charge in [-0.05, 0) is 174 Å². The molecule has 7 aliphatic heterocycles. The lowest BCUT2D eigenvalue weighted by atomic mass is 9.83. The van der Waals surface area contributed by atoms with Crippen molar-refractivity contribution in [1.82, 2.24) is 39.8 Å². The molecule has 16 nitrogen and oxygen atoms in total. The molecular formula is C63H78F2N10O6. The summed E-state index contributed by atoms with van der Waals surface area (Å²) in [5.74, 6) is 0.859. The van der Waals surface area contributed by atoms with Crippen molar-refractivity contribution in [3.8, 4) is 23.0 Å². The van der Waals surface area contributed by atoms with Crippen LogP contribution in [-0.4, -0.2) is 143 Å². The number of rotatable bonds is 10. The molecule has 10 heterocycles. The van der Waals surface area contributed by atoms with Gasteiger partial charge in [0.25, 0.3) is 0 Å². The maximum absolute atomic E-state index is 17.1. The minimum absolute atomic E-state index is 0.00625. The minimum Gasteiger partial charge on any atom is -0.508 e. The van der Waals surface area contributed by atoms with Crippen LogP contribution in [0.4, 0.5) is 20.3 Å². The number of benzene rings is 3. The van der Waals surface area contributed by atoms with Gasteiger partial charge in [-0.15, -0.1) is 0 Å². The van der Waals surface area contributed by atoms with Crippen LogP contribution in [0, 0.1) is 23.5 Å². The van der Waals surface area contributed by atoms with E-state index in [9.17, 15) is 14.7 Å². The number of phenols is 1. The third-order valence-corrected chi connectivity index (χ3v) is 18.2. The Labute approximate surface area is 473 Å². The fourth-order valence-electron chi connectivity index (χ4n) is 14.1. The summed E-state index contributed by atoms with van der Waals surface area (Å²) in [5, 5.41) is 21.1. The fraction of sp³-hybridized carbons (Fsp3) is 0.524. The highest BCUT2D eigenvalue weighted by molar-refractivity contribution is 6.05. The lowest BCUT2D eigenvalue weighted by Crippen LogP contribution is -2.43. The molecule has 18 heteroatoms. The number of hydrogen-bond donors (Lipinski definition) is 2. The summed E-state index contributed by atoms with van der Waals surface area (Å²) < 4.78 is 50.8. The number of amides is 2. The van der Waals surface area contributed by atoms with Gasteiger partial charge in [-0.3, -0.25) is 19.2 Å². The highest BCUT2D eigenvalue weighted by Crippen LogP contribution is 2.45. The second-order valence-electron chi connectivity index (χ2n) is 23.4. The molecule has 2 amide bonds. The Balaban J connectivity index is 0.000000170. The van der Waals surface area contributed by atoms with Gasteiger partial charge < -0.3 is 39.3 Å². The van der Waals surface area contributed by atoms with Crippen molar-refractivity contribution in [3.05, 3.63) is 89.4 Å². The maximum atomic E-state index is 17.1. The molecule has 0 radical (unpaired) electrons. The zero-order valence-electron chi connectivity index (χ0n) is 47.7. The van der Waals surface area contributed by atoms with E-state index in [2.05, 4.69) is 55.6 Å². The first-order valence-corrected chi connectivity index (χ1v) is 29.4. The summed E-state index contributed by atoms with van der Waals surface area (Å²) in [5.41, 5.74) is 6.25. The first kappa shape index (κ1) is 56.1. The molecule has 6 saturated heterocycles. The van der Waals surface area contributed by atoms with Crippen molar-refractivity contribution >= 4 is 62.0 Å². The number of nitrogens with zero attached hydrogens (tertiary/aromatic N) is 9. The largest absolute Gasteiger partial charge is 0.508 e. The molecule has 0 saturated carbocycles. The highest BCUT2D eigenvalue weighted by atomic mass is 19.1. The van der Waals surface area contributed by atoms with Crippen molar-refractivity contribution < 1.29 is 37.7 Å². The Morgan fingerprint density at radius 2 is 1.64 bits per heavy atom. The molecule has 6 fully saturated rings. The van der Waals surface area contributed by atoms with Crippen LogP contribution in [0.1, 0.15) is 114 Å². The molecule has 13 rings (SSSR count). The average molecular weight is 1110 g/mol. The number of phenolic OH excluding ortho intramolecular Hbond substituents is 1. The summed E-state index contributed by atoms with van der Waals surface area (Å²) >= 11 is 0. The summed E-state index contributed by atoms with van der Waals surface area (Å²) in [6.07, 6.45) is 16.3. The number of piperidine rings is 3. The maximum Gasteiger partial charge on any atom is 0.319 e. The Bertz CT molecular complexity index is 3360. The van der Waals surface area contributed by atoms with Crippen LogP contribution in [0.15, 0.2) is 60.8 Å². The number of carbonyl (C=O) groups is 2. The molecule has 2 atom stereocenters. The lowest BCUT2D eigenvalue weighted by Gasteiger charge is -2.37. The monoisotopic (exact) mass is 1110 g/mol. The second-order valence-corrected chi connectivity index (χ2v) is 23.4. The average Bonchev–Trinajstić information content (AvgIpc) is 4.32. The molecule has 6 aromatic rings. The molecule has 3 aromatic heterocycles. The van der Waals surface area contributed by atoms with Gasteiger partial charge >= 0.3 is 6.01 Å². The van der Waals surface area contributed by atoms with Crippen LogP contribution >= 0.6 is 0 Å². The third kappa shape index (κ3) is 11.2. The number of hydrogen-bond acceptors (Lipinski definition) is 13. The minimum atomic E-state index is -0.653. The van der Waals surface area contributed by atoms with Gasteiger partial charge in [-0.25, -0.2) is 13.8 Å². The summed E-state index contributed by atoms with van der Waals surface area (Å²) in [7, 11) is 5.22. The van der Waals surface area contributed by atoms with Crippen LogP contribution < -0.4 is 19.9 Å². The number of methoxy groups -OCH3 is 1. The Kier molecular flexibility index (Phi) is 16.6. The van der Waals surface area contributed by atoms with Crippen LogP contribution in [-0.2, 0) is 32.5 Å². The first-order valence-electron chi connectivity index (χ1n) is 29.4. The number of anilines is 2. The van der Waals surface area contributed by atoms with E-state index in [1.54, 1.807) is 26.4 Å². The topological polar surface area (TPSA) is 164 Å². The predicted molar refractivity (Wildman–Crippen MR) is 313 cm³/mol. The van der Waals surface area contributed by atoms with Gasteiger partial charge in [0.05, 0.1) is 46.4 Å². The highest BCUT2D eigenvalue weighted by Gasteiger charge is 2.45. The van der Waals surface area contributed by atoms with E-state index in [1.807, 2.05) is 30.5 Å². The molecule has 81 heavy (non-hydrogen) atoms. The number of aromatic hydroxyl groups is 1. The SMILES string of the molecule is C=C1CCC(c2nn(C)c3cc(N4CCC(CC5CCN(C=O)CC5)CC4)ccc23)C(=O)N1.CCc1c(F)ccc2cc(O)cc(-c3nc4c5c(nc(OCC67CCCN6CCC7)nc5c3F)N3CCCOCC3C=C4C)c12.COC. The van der Waals surface area contributed by atoms with E-state index in [-0.39, 0.29) is 52.2 Å².